The number of benzene rings is 1. The summed E-state index contributed by atoms with van der Waals surface area (Å²) in [6, 6.07) is 6.14. The average molecular weight is 249 g/mol. The van der Waals surface area contributed by atoms with E-state index in [4.69, 9.17) is 9.47 Å². The summed E-state index contributed by atoms with van der Waals surface area (Å²) in [7, 11) is 1.38. The Morgan fingerprint density at radius 3 is 2.72 bits per heavy atom. The molecule has 0 radical (unpaired) electrons. The molecule has 18 heavy (non-hydrogen) atoms. The molecular formula is C12H11NO5. The van der Waals surface area contributed by atoms with Crippen LogP contribution in [0.2, 0.25) is 0 Å². The smallest absolute Gasteiger partial charge is 0.337 e. The van der Waals surface area contributed by atoms with Gasteiger partial charge in [0.15, 0.2) is 0 Å². The number of rotatable bonds is 3. The third-order valence-corrected chi connectivity index (χ3v) is 2.66. The van der Waals surface area contributed by atoms with E-state index in [1.54, 1.807) is 18.2 Å². The van der Waals surface area contributed by atoms with Gasteiger partial charge in [-0.3, -0.25) is 10.1 Å². The van der Waals surface area contributed by atoms with Crippen LogP contribution in [0.5, 0.6) is 0 Å². The van der Waals surface area contributed by atoms with Gasteiger partial charge in [0.05, 0.1) is 29.8 Å². The minimum atomic E-state index is -0.505. The van der Waals surface area contributed by atoms with Crippen LogP contribution in [0.4, 0.5) is 5.69 Å². The van der Waals surface area contributed by atoms with Gasteiger partial charge in [0.25, 0.3) is 5.69 Å². The van der Waals surface area contributed by atoms with E-state index in [9.17, 15) is 14.9 Å². The molecule has 0 aliphatic carbocycles. The Kier molecular flexibility index (Phi) is 3.27. The summed E-state index contributed by atoms with van der Waals surface area (Å²) in [4.78, 5) is 21.9. The second-order valence-corrected chi connectivity index (χ2v) is 3.67. The molecule has 0 atom stereocenters. The predicted molar refractivity (Wildman–Crippen MR) is 62.6 cm³/mol. The molecule has 0 spiro atoms. The lowest BCUT2D eigenvalue weighted by molar-refractivity contribution is -0.385. The van der Waals surface area contributed by atoms with E-state index in [0.29, 0.717) is 17.6 Å². The van der Waals surface area contributed by atoms with Gasteiger partial charge in [0.2, 0.25) is 0 Å². The van der Waals surface area contributed by atoms with Gasteiger partial charge in [0, 0.05) is 12.5 Å². The topological polar surface area (TPSA) is 78.7 Å². The molecule has 1 fully saturated rings. The first-order valence-electron chi connectivity index (χ1n) is 5.33. The van der Waals surface area contributed by atoms with Crippen molar-refractivity contribution >= 4 is 17.4 Å². The van der Waals surface area contributed by atoms with Crippen molar-refractivity contribution in [1.29, 1.82) is 0 Å². The largest absolute Gasteiger partial charge is 0.495 e. The third kappa shape index (κ3) is 2.04. The van der Waals surface area contributed by atoms with Crippen LogP contribution in [-0.2, 0) is 14.3 Å². The van der Waals surface area contributed by atoms with Gasteiger partial charge in [-0.1, -0.05) is 12.1 Å². The van der Waals surface area contributed by atoms with E-state index in [0.717, 1.165) is 0 Å². The monoisotopic (exact) mass is 249 g/mol. The zero-order valence-electron chi connectivity index (χ0n) is 9.71. The fraction of sp³-hybridized carbons (Fsp3) is 0.250. The highest BCUT2D eigenvalue weighted by atomic mass is 16.6. The number of hydrogen-bond acceptors (Lipinski definition) is 5. The van der Waals surface area contributed by atoms with Gasteiger partial charge >= 0.3 is 5.97 Å². The van der Waals surface area contributed by atoms with Crippen LogP contribution in [0, 0.1) is 10.1 Å². The second kappa shape index (κ2) is 4.87. The number of nitro benzene ring substituents is 1. The Hall–Kier alpha value is -2.37. The van der Waals surface area contributed by atoms with Crippen molar-refractivity contribution in [3.05, 3.63) is 45.5 Å². The van der Waals surface area contributed by atoms with Gasteiger partial charge in [-0.15, -0.1) is 0 Å². The summed E-state index contributed by atoms with van der Waals surface area (Å²) in [5, 5.41) is 10.9. The molecule has 6 heteroatoms. The molecule has 1 aromatic rings. The fourth-order valence-corrected chi connectivity index (χ4v) is 1.86. The van der Waals surface area contributed by atoms with Crippen molar-refractivity contribution in [3.8, 4) is 0 Å². The third-order valence-electron chi connectivity index (χ3n) is 2.66. The molecule has 1 aliphatic rings. The molecule has 1 heterocycles. The Morgan fingerprint density at radius 1 is 1.44 bits per heavy atom. The van der Waals surface area contributed by atoms with Crippen LogP contribution >= 0.6 is 0 Å². The van der Waals surface area contributed by atoms with E-state index in [-0.39, 0.29) is 18.1 Å². The number of methoxy groups -OCH3 is 1. The molecule has 94 valence electrons. The van der Waals surface area contributed by atoms with E-state index in [1.165, 1.54) is 13.2 Å². The highest BCUT2D eigenvalue weighted by Gasteiger charge is 2.28. The lowest BCUT2D eigenvalue weighted by Gasteiger charge is -2.08. The fourth-order valence-electron chi connectivity index (χ4n) is 1.86. The zero-order valence-corrected chi connectivity index (χ0v) is 9.71. The molecule has 0 N–H and O–H groups in total. The molecule has 0 saturated carbocycles. The van der Waals surface area contributed by atoms with Gasteiger partial charge < -0.3 is 9.47 Å². The minimum Gasteiger partial charge on any atom is -0.495 e. The molecule has 0 bridgehead atoms. The van der Waals surface area contributed by atoms with Crippen molar-refractivity contribution in [3.63, 3.8) is 0 Å². The number of carbonyl (C=O) groups excluding carboxylic acids is 1. The Morgan fingerprint density at radius 2 is 2.17 bits per heavy atom. The number of esters is 1. The molecule has 0 aromatic heterocycles. The number of ether oxygens (including phenoxy) is 2. The molecule has 1 saturated heterocycles. The van der Waals surface area contributed by atoms with Crippen LogP contribution in [0.15, 0.2) is 29.8 Å². The van der Waals surface area contributed by atoms with Crippen LogP contribution in [0.1, 0.15) is 12.0 Å². The molecule has 0 amide bonds. The van der Waals surface area contributed by atoms with Gasteiger partial charge in [0.1, 0.15) is 5.76 Å². The maximum Gasteiger partial charge on any atom is 0.337 e. The molecule has 6 nitrogen and oxygen atoms in total. The summed E-state index contributed by atoms with van der Waals surface area (Å²) in [6.45, 7) is 0.279. The molecular weight excluding hydrogens is 238 g/mol. The quantitative estimate of drug-likeness (QED) is 0.269. The number of para-hydroxylation sites is 1. The van der Waals surface area contributed by atoms with Crippen molar-refractivity contribution in [2.75, 3.05) is 13.7 Å². The maximum atomic E-state index is 11.5. The first kappa shape index (κ1) is 12.1. The van der Waals surface area contributed by atoms with E-state index in [1.807, 2.05) is 0 Å². The SMILES string of the molecule is CO/C(=C1\CCOC1=O)c1ccccc1[N+](=O)[O-]. The lowest BCUT2D eigenvalue weighted by atomic mass is 10.1. The average Bonchev–Trinajstić information content (AvgIpc) is 2.77. The normalized spacial score (nSPS) is 17.3. The van der Waals surface area contributed by atoms with Gasteiger partial charge in [-0.05, 0) is 6.07 Å². The molecule has 1 aliphatic heterocycles. The Bertz CT molecular complexity index is 535. The van der Waals surface area contributed by atoms with Crippen LogP contribution in [0.3, 0.4) is 0 Å². The number of hydrogen-bond donors (Lipinski definition) is 0. The standard InChI is InChI=1S/C12H11NO5/c1-17-11(9-6-7-18-12(9)14)8-4-2-3-5-10(8)13(15)16/h2-5H,6-7H2,1H3/b11-9+. The van der Waals surface area contributed by atoms with Gasteiger partial charge in [-0.25, -0.2) is 4.79 Å². The highest BCUT2D eigenvalue weighted by Crippen LogP contribution is 2.31. The summed E-state index contributed by atoms with van der Waals surface area (Å²) < 4.78 is 9.98. The second-order valence-electron chi connectivity index (χ2n) is 3.67. The zero-order chi connectivity index (χ0) is 13.1. The van der Waals surface area contributed by atoms with Crippen molar-refractivity contribution in [1.82, 2.24) is 0 Å². The number of carbonyl (C=O) groups is 1. The first-order valence-corrected chi connectivity index (χ1v) is 5.33. The van der Waals surface area contributed by atoms with Gasteiger partial charge in [-0.2, -0.15) is 0 Å². The van der Waals surface area contributed by atoms with Crippen LogP contribution in [0.25, 0.3) is 5.76 Å². The van der Waals surface area contributed by atoms with E-state index < -0.39 is 10.9 Å². The first-order chi connectivity index (χ1) is 8.65. The van der Waals surface area contributed by atoms with Crippen LogP contribution < -0.4 is 0 Å². The number of cyclic esters (lactones) is 1. The van der Waals surface area contributed by atoms with Crippen LogP contribution in [-0.4, -0.2) is 24.6 Å². The summed E-state index contributed by atoms with van der Waals surface area (Å²) in [5.74, 6) is -0.269. The Labute approximate surface area is 103 Å². The molecule has 2 rings (SSSR count). The van der Waals surface area contributed by atoms with E-state index >= 15 is 0 Å². The summed E-state index contributed by atoms with van der Waals surface area (Å²) in [6.07, 6.45) is 0.397. The predicted octanol–water partition coefficient (Wildman–Crippen LogP) is 1.90. The number of nitrogens with zero attached hydrogens (tertiary/aromatic N) is 1. The van der Waals surface area contributed by atoms with Crippen molar-refractivity contribution in [2.45, 2.75) is 6.42 Å². The highest BCUT2D eigenvalue weighted by molar-refractivity contribution is 5.98. The number of nitro groups is 1. The Balaban J connectivity index is 2.59. The summed E-state index contributed by atoms with van der Waals surface area (Å²) >= 11 is 0. The maximum absolute atomic E-state index is 11.5. The minimum absolute atomic E-state index is 0.0958. The van der Waals surface area contributed by atoms with Crippen molar-refractivity contribution in [2.24, 2.45) is 0 Å². The summed E-state index contributed by atoms with van der Waals surface area (Å²) in [5.41, 5.74) is 0.534. The lowest BCUT2D eigenvalue weighted by Crippen LogP contribution is -2.03. The van der Waals surface area contributed by atoms with Crippen molar-refractivity contribution < 1.29 is 19.2 Å². The molecule has 0 unspecified atom stereocenters. The van der Waals surface area contributed by atoms with E-state index in [2.05, 4.69) is 0 Å². The molecule has 1 aromatic carbocycles.